The van der Waals surface area contributed by atoms with Gasteiger partial charge in [-0.05, 0) is 18.8 Å². The highest BCUT2D eigenvalue weighted by Gasteiger charge is 2.30. The van der Waals surface area contributed by atoms with Crippen molar-refractivity contribution in [1.82, 2.24) is 4.72 Å². The van der Waals surface area contributed by atoms with E-state index < -0.39 is 37.5 Å². The first-order chi connectivity index (χ1) is 7.20. The Bertz CT molecular complexity index is 423. The molecule has 0 bridgehead atoms. The Labute approximate surface area is 96.0 Å². The third-order valence-electron chi connectivity index (χ3n) is 2.40. The average molecular weight is 271 g/mol. The first-order valence-electron chi connectivity index (χ1n) is 5.03. The van der Waals surface area contributed by atoms with Gasteiger partial charge in [-0.1, -0.05) is 0 Å². The van der Waals surface area contributed by atoms with Crippen LogP contribution in [0.4, 0.5) is 0 Å². The van der Waals surface area contributed by atoms with Crippen molar-refractivity contribution in [2.45, 2.75) is 18.9 Å². The molecule has 1 saturated carbocycles. The summed E-state index contributed by atoms with van der Waals surface area (Å²) < 4.78 is 46.5. The van der Waals surface area contributed by atoms with E-state index in [-0.39, 0.29) is 12.5 Å². The lowest BCUT2D eigenvalue weighted by Crippen LogP contribution is -2.36. The van der Waals surface area contributed by atoms with E-state index in [9.17, 15) is 21.9 Å². The Kier molecular flexibility index (Phi) is 4.33. The van der Waals surface area contributed by atoms with Crippen LogP contribution in [-0.4, -0.2) is 52.4 Å². The van der Waals surface area contributed by atoms with Crippen LogP contribution >= 0.6 is 0 Å². The van der Waals surface area contributed by atoms with Crippen LogP contribution in [0.5, 0.6) is 0 Å². The predicted molar refractivity (Wildman–Crippen MR) is 60.2 cm³/mol. The lowest BCUT2D eigenvalue weighted by atomic mass is 10.2. The van der Waals surface area contributed by atoms with E-state index >= 15 is 0 Å². The van der Waals surface area contributed by atoms with Gasteiger partial charge in [-0.25, -0.2) is 21.6 Å². The number of hydrogen-bond donors (Lipinski definition) is 2. The van der Waals surface area contributed by atoms with Crippen molar-refractivity contribution in [1.29, 1.82) is 0 Å². The molecule has 0 aromatic carbocycles. The van der Waals surface area contributed by atoms with Gasteiger partial charge in [0.25, 0.3) is 0 Å². The summed E-state index contributed by atoms with van der Waals surface area (Å²) in [7, 11) is -6.89. The smallest absolute Gasteiger partial charge is 0.212 e. The minimum atomic E-state index is -3.60. The van der Waals surface area contributed by atoms with Gasteiger partial charge in [-0.3, -0.25) is 0 Å². The molecule has 1 fully saturated rings. The molecule has 0 spiro atoms. The summed E-state index contributed by atoms with van der Waals surface area (Å²) in [4.78, 5) is 0. The summed E-state index contributed by atoms with van der Waals surface area (Å²) in [6.45, 7) is -0.0310. The van der Waals surface area contributed by atoms with E-state index in [0.29, 0.717) is 0 Å². The minimum Gasteiger partial charge on any atom is -0.391 e. The molecule has 96 valence electrons. The van der Waals surface area contributed by atoms with Crippen molar-refractivity contribution in [2.75, 3.05) is 24.3 Å². The Morgan fingerprint density at radius 3 is 2.25 bits per heavy atom. The fourth-order valence-electron chi connectivity index (χ4n) is 1.19. The second-order valence-electron chi connectivity index (χ2n) is 4.20. The van der Waals surface area contributed by atoms with Gasteiger partial charge in [0, 0.05) is 12.8 Å². The third-order valence-corrected chi connectivity index (χ3v) is 4.95. The molecule has 8 heteroatoms. The van der Waals surface area contributed by atoms with Gasteiger partial charge in [0.1, 0.15) is 9.84 Å². The molecule has 0 radical (unpaired) electrons. The van der Waals surface area contributed by atoms with Crippen LogP contribution in [0.15, 0.2) is 0 Å². The van der Waals surface area contributed by atoms with Crippen LogP contribution in [0.25, 0.3) is 0 Å². The zero-order valence-electron chi connectivity index (χ0n) is 9.09. The highest BCUT2D eigenvalue weighted by atomic mass is 32.2. The lowest BCUT2D eigenvalue weighted by Gasteiger charge is -2.10. The standard InChI is InChI=1S/C8H17NO5S2/c1-15(11,12)4-5-16(13,14)9-6-8(10)7-2-3-7/h7-10H,2-6H2,1H3. The normalized spacial score (nSPS) is 19.6. The van der Waals surface area contributed by atoms with E-state index in [4.69, 9.17) is 0 Å². The molecule has 0 saturated heterocycles. The molecule has 6 nitrogen and oxygen atoms in total. The van der Waals surface area contributed by atoms with Crippen molar-refractivity contribution in [3.63, 3.8) is 0 Å². The lowest BCUT2D eigenvalue weighted by molar-refractivity contribution is 0.155. The summed E-state index contributed by atoms with van der Waals surface area (Å²) in [5.41, 5.74) is 0. The van der Waals surface area contributed by atoms with E-state index in [0.717, 1.165) is 19.1 Å². The van der Waals surface area contributed by atoms with Crippen molar-refractivity contribution in [3.8, 4) is 0 Å². The van der Waals surface area contributed by atoms with Crippen molar-refractivity contribution < 1.29 is 21.9 Å². The molecule has 1 atom stereocenters. The molecular weight excluding hydrogens is 254 g/mol. The van der Waals surface area contributed by atoms with E-state index in [1.165, 1.54) is 0 Å². The number of aliphatic hydroxyl groups excluding tert-OH is 1. The largest absolute Gasteiger partial charge is 0.391 e. The topological polar surface area (TPSA) is 101 Å². The molecular formula is C8H17NO5S2. The molecule has 2 N–H and O–H groups in total. The zero-order valence-corrected chi connectivity index (χ0v) is 10.7. The van der Waals surface area contributed by atoms with E-state index in [1.54, 1.807) is 0 Å². The van der Waals surface area contributed by atoms with E-state index in [2.05, 4.69) is 4.72 Å². The number of aliphatic hydroxyl groups is 1. The highest BCUT2D eigenvalue weighted by molar-refractivity contribution is 7.93. The molecule has 1 aliphatic carbocycles. The SMILES string of the molecule is CS(=O)(=O)CCS(=O)(=O)NCC(O)C1CC1. The molecule has 0 aromatic rings. The monoisotopic (exact) mass is 271 g/mol. The van der Waals surface area contributed by atoms with Crippen LogP contribution in [0.1, 0.15) is 12.8 Å². The van der Waals surface area contributed by atoms with Crippen LogP contribution < -0.4 is 4.72 Å². The first-order valence-corrected chi connectivity index (χ1v) is 8.74. The number of rotatable bonds is 7. The summed E-state index contributed by atoms with van der Waals surface area (Å²) in [6.07, 6.45) is 2.17. The molecule has 0 aliphatic heterocycles. The molecule has 1 unspecified atom stereocenters. The Balaban J connectivity index is 2.33. The van der Waals surface area contributed by atoms with Gasteiger partial charge in [-0.15, -0.1) is 0 Å². The van der Waals surface area contributed by atoms with Gasteiger partial charge in [0.15, 0.2) is 0 Å². The minimum absolute atomic E-state index is 0.0310. The fraction of sp³-hybridized carbons (Fsp3) is 1.00. The quantitative estimate of drug-likeness (QED) is 0.601. The van der Waals surface area contributed by atoms with Gasteiger partial charge in [-0.2, -0.15) is 0 Å². The van der Waals surface area contributed by atoms with Crippen LogP contribution in [0.3, 0.4) is 0 Å². The summed E-state index contributed by atoms with van der Waals surface area (Å²) in [6, 6.07) is 0. The predicted octanol–water partition coefficient (Wildman–Crippen LogP) is -1.28. The summed E-state index contributed by atoms with van der Waals surface area (Å²) in [5, 5.41) is 9.44. The maximum Gasteiger partial charge on any atom is 0.212 e. The average Bonchev–Trinajstić information content (AvgIpc) is 2.93. The highest BCUT2D eigenvalue weighted by Crippen LogP contribution is 2.32. The Morgan fingerprint density at radius 2 is 1.81 bits per heavy atom. The maximum atomic E-state index is 11.3. The molecule has 1 aliphatic rings. The number of hydrogen-bond acceptors (Lipinski definition) is 5. The van der Waals surface area contributed by atoms with Gasteiger partial charge in [0.05, 0.1) is 17.6 Å². The second-order valence-corrected chi connectivity index (χ2v) is 8.39. The fourth-order valence-corrected chi connectivity index (χ4v) is 3.85. The second kappa shape index (κ2) is 4.99. The van der Waals surface area contributed by atoms with Crippen molar-refractivity contribution >= 4 is 19.9 Å². The third kappa shape index (κ3) is 5.78. The van der Waals surface area contributed by atoms with Crippen LogP contribution in [-0.2, 0) is 19.9 Å². The molecule has 0 amide bonds. The first kappa shape index (κ1) is 13.9. The molecule has 0 aromatic heterocycles. The zero-order chi connectivity index (χ0) is 12.4. The maximum absolute atomic E-state index is 11.3. The molecule has 16 heavy (non-hydrogen) atoms. The van der Waals surface area contributed by atoms with Crippen molar-refractivity contribution in [3.05, 3.63) is 0 Å². The Morgan fingerprint density at radius 1 is 1.25 bits per heavy atom. The summed E-state index contributed by atoms with van der Waals surface area (Å²) >= 11 is 0. The van der Waals surface area contributed by atoms with Crippen LogP contribution in [0.2, 0.25) is 0 Å². The van der Waals surface area contributed by atoms with Gasteiger partial charge >= 0.3 is 0 Å². The summed E-state index contributed by atoms with van der Waals surface area (Å²) in [5.74, 6) is -0.664. The number of sulfonamides is 1. The molecule has 0 heterocycles. The van der Waals surface area contributed by atoms with E-state index in [1.807, 2.05) is 0 Å². The van der Waals surface area contributed by atoms with Gasteiger partial charge < -0.3 is 5.11 Å². The van der Waals surface area contributed by atoms with Crippen LogP contribution in [0, 0.1) is 5.92 Å². The van der Waals surface area contributed by atoms with Crippen molar-refractivity contribution in [2.24, 2.45) is 5.92 Å². The van der Waals surface area contributed by atoms with Gasteiger partial charge in [0.2, 0.25) is 10.0 Å². The molecule has 1 rings (SSSR count). The number of nitrogens with one attached hydrogen (secondary N) is 1. The number of sulfone groups is 1. The Hall–Kier alpha value is -0.180.